The quantitative estimate of drug-likeness (QED) is 0.317. The molecule has 0 aliphatic carbocycles. The molecule has 33 heavy (non-hydrogen) atoms. The Labute approximate surface area is 193 Å². The Morgan fingerprint density at radius 2 is 1.79 bits per heavy atom. The molecule has 0 saturated carbocycles. The van der Waals surface area contributed by atoms with Gasteiger partial charge in [0.15, 0.2) is 17.2 Å². The Morgan fingerprint density at radius 1 is 1.03 bits per heavy atom. The normalized spacial score (nSPS) is 14.2. The van der Waals surface area contributed by atoms with Gasteiger partial charge in [-0.15, -0.1) is 0 Å². The van der Waals surface area contributed by atoms with Gasteiger partial charge in [0.25, 0.3) is 0 Å². The first-order valence-corrected chi connectivity index (χ1v) is 10.4. The molecule has 5 nitrogen and oxygen atoms in total. The van der Waals surface area contributed by atoms with Crippen molar-refractivity contribution in [3.8, 4) is 11.5 Å². The lowest BCUT2D eigenvalue weighted by Crippen LogP contribution is -2.05. The maximum atomic E-state index is 13.5. The second kappa shape index (κ2) is 9.83. The molecule has 3 aromatic carbocycles. The van der Waals surface area contributed by atoms with Crippen LogP contribution in [0.4, 0.5) is 8.78 Å². The van der Waals surface area contributed by atoms with Crippen molar-refractivity contribution in [3.63, 3.8) is 0 Å². The molecule has 0 amide bonds. The van der Waals surface area contributed by atoms with Crippen molar-refractivity contribution >= 4 is 29.5 Å². The number of rotatable bonds is 7. The highest BCUT2D eigenvalue weighted by atomic mass is 35.5. The van der Waals surface area contributed by atoms with Gasteiger partial charge in [0.2, 0.25) is 5.90 Å². The van der Waals surface area contributed by atoms with Gasteiger partial charge >= 0.3 is 5.97 Å². The zero-order chi connectivity index (χ0) is 23.4. The van der Waals surface area contributed by atoms with E-state index in [1.165, 1.54) is 36.4 Å². The van der Waals surface area contributed by atoms with Crippen LogP contribution in [-0.2, 0) is 16.1 Å². The number of hydrogen-bond acceptors (Lipinski definition) is 5. The Bertz CT molecular complexity index is 1270. The number of aliphatic imine (C=N–C) groups is 1. The lowest BCUT2D eigenvalue weighted by Gasteiger charge is -2.14. The molecule has 0 saturated heterocycles. The van der Waals surface area contributed by atoms with E-state index in [2.05, 4.69) is 4.99 Å². The highest BCUT2D eigenvalue weighted by Crippen LogP contribution is 2.38. The zero-order valence-electron chi connectivity index (χ0n) is 17.5. The second-order valence-electron chi connectivity index (χ2n) is 7.03. The number of esters is 1. The first-order chi connectivity index (χ1) is 15.9. The average molecular weight is 470 g/mol. The van der Waals surface area contributed by atoms with E-state index < -0.39 is 11.8 Å². The molecule has 168 valence electrons. The number of benzene rings is 3. The van der Waals surface area contributed by atoms with Crippen molar-refractivity contribution in [1.82, 2.24) is 0 Å². The van der Waals surface area contributed by atoms with E-state index in [0.717, 1.165) is 0 Å². The highest BCUT2D eigenvalue weighted by Gasteiger charge is 2.25. The molecule has 8 heteroatoms. The summed E-state index contributed by atoms with van der Waals surface area (Å²) in [5, 5.41) is 0.241. The summed E-state index contributed by atoms with van der Waals surface area (Å²) < 4.78 is 43.5. The first kappa shape index (κ1) is 22.5. The minimum atomic E-state index is -0.672. The Hall–Kier alpha value is -3.71. The summed E-state index contributed by atoms with van der Waals surface area (Å²) in [5.74, 6) is -0.843. The standard InChI is InChI=1S/C25H18ClF2NO4/c1-2-31-22-12-16(10-20(26)23(22)32-14-15-5-3-7-18(27)9-15)11-21-25(30)33-24(29-21)17-6-4-8-19(28)13-17/h3-13H,2,14H2,1H3/b21-11-. The lowest BCUT2D eigenvalue weighted by molar-refractivity contribution is -0.129. The predicted octanol–water partition coefficient (Wildman–Crippen LogP) is 5.94. The molecule has 4 rings (SSSR count). The molecule has 0 aromatic heterocycles. The van der Waals surface area contributed by atoms with Gasteiger partial charge in [-0.1, -0.05) is 29.8 Å². The molecule has 1 aliphatic rings. The van der Waals surface area contributed by atoms with Crippen LogP contribution in [0.25, 0.3) is 6.08 Å². The molecule has 1 aliphatic heterocycles. The number of hydrogen-bond donors (Lipinski definition) is 0. The van der Waals surface area contributed by atoms with Gasteiger partial charge in [-0.25, -0.2) is 18.6 Å². The molecular formula is C25H18ClF2NO4. The molecule has 0 bridgehead atoms. The second-order valence-corrected chi connectivity index (χ2v) is 7.44. The topological polar surface area (TPSA) is 57.1 Å². The van der Waals surface area contributed by atoms with Crippen LogP contribution in [0.2, 0.25) is 5.02 Å². The monoisotopic (exact) mass is 469 g/mol. The third-order valence-corrected chi connectivity index (χ3v) is 4.88. The van der Waals surface area contributed by atoms with Gasteiger partial charge in [-0.2, -0.15) is 0 Å². The lowest BCUT2D eigenvalue weighted by atomic mass is 10.1. The molecule has 0 N–H and O–H groups in total. The third kappa shape index (κ3) is 5.38. The van der Waals surface area contributed by atoms with Crippen molar-refractivity contribution in [2.75, 3.05) is 6.61 Å². The maximum absolute atomic E-state index is 13.5. The van der Waals surface area contributed by atoms with Gasteiger partial charge in [-0.05, 0) is 66.6 Å². The first-order valence-electron chi connectivity index (χ1n) is 10.0. The summed E-state index contributed by atoms with van der Waals surface area (Å²) in [7, 11) is 0. The van der Waals surface area contributed by atoms with Gasteiger partial charge < -0.3 is 14.2 Å². The molecular weight excluding hydrogens is 452 g/mol. The fraction of sp³-hybridized carbons (Fsp3) is 0.120. The number of carbonyl (C=O) groups excluding carboxylic acids is 1. The molecule has 0 unspecified atom stereocenters. The number of cyclic esters (lactones) is 1. The number of nitrogens with zero attached hydrogens (tertiary/aromatic N) is 1. The van der Waals surface area contributed by atoms with Crippen LogP contribution in [0.5, 0.6) is 11.5 Å². The van der Waals surface area contributed by atoms with Gasteiger partial charge in [0, 0.05) is 5.56 Å². The van der Waals surface area contributed by atoms with Crippen molar-refractivity contribution in [2.24, 2.45) is 4.99 Å². The largest absolute Gasteiger partial charge is 0.490 e. The van der Waals surface area contributed by atoms with E-state index in [-0.39, 0.29) is 29.0 Å². The van der Waals surface area contributed by atoms with Crippen LogP contribution in [-0.4, -0.2) is 18.5 Å². The smallest absolute Gasteiger partial charge is 0.363 e. The summed E-state index contributed by atoms with van der Waals surface area (Å²) in [6.07, 6.45) is 1.49. The van der Waals surface area contributed by atoms with Crippen LogP contribution in [0.3, 0.4) is 0 Å². The molecule has 0 atom stereocenters. The van der Waals surface area contributed by atoms with E-state index in [0.29, 0.717) is 34.8 Å². The summed E-state index contributed by atoms with van der Waals surface area (Å²) in [6.45, 7) is 2.24. The van der Waals surface area contributed by atoms with E-state index in [1.807, 2.05) is 0 Å². The van der Waals surface area contributed by atoms with Gasteiger partial charge in [-0.3, -0.25) is 0 Å². The number of halogens is 3. The minimum absolute atomic E-state index is 0.0110. The van der Waals surface area contributed by atoms with Crippen LogP contribution in [0, 0.1) is 11.6 Å². The summed E-state index contributed by atoms with van der Waals surface area (Å²) in [4.78, 5) is 16.5. The summed E-state index contributed by atoms with van der Waals surface area (Å²) in [5.41, 5.74) is 1.53. The summed E-state index contributed by atoms with van der Waals surface area (Å²) >= 11 is 6.43. The molecule has 0 radical (unpaired) electrons. The summed E-state index contributed by atoms with van der Waals surface area (Å²) in [6, 6.07) is 14.9. The number of ether oxygens (including phenoxy) is 3. The van der Waals surface area contributed by atoms with Crippen molar-refractivity contribution in [2.45, 2.75) is 13.5 Å². The average Bonchev–Trinajstić information content (AvgIpc) is 3.14. The highest BCUT2D eigenvalue weighted by molar-refractivity contribution is 6.32. The molecule has 0 spiro atoms. The van der Waals surface area contributed by atoms with E-state index in [4.69, 9.17) is 25.8 Å². The van der Waals surface area contributed by atoms with Crippen LogP contribution in [0.15, 0.2) is 71.4 Å². The molecule has 3 aromatic rings. The van der Waals surface area contributed by atoms with Gasteiger partial charge in [0.1, 0.15) is 18.2 Å². The van der Waals surface area contributed by atoms with Gasteiger partial charge in [0.05, 0.1) is 11.6 Å². The van der Waals surface area contributed by atoms with Crippen molar-refractivity contribution < 1.29 is 27.8 Å². The van der Waals surface area contributed by atoms with Crippen molar-refractivity contribution in [1.29, 1.82) is 0 Å². The molecule has 0 fully saturated rings. The van der Waals surface area contributed by atoms with E-state index in [1.54, 1.807) is 37.3 Å². The van der Waals surface area contributed by atoms with E-state index in [9.17, 15) is 13.6 Å². The minimum Gasteiger partial charge on any atom is -0.490 e. The van der Waals surface area contributed by atoms with E-state index >= 15 is 0 Å². The van der Waals surface area contributed by atoms with Crippen LogP contribution >= 0.6 is 11.6 Å². The third-order valence-electron chi connectivity index (χ3n) is 4.60. The Kier molecular flexibility index (Phi) is 6.70. The maximum Gasteiger partial charge on any atom is 0.363 e. The predicted molar refractivity (Wildman–Crippen MR) is 120 cm³/mol. The van der Waals surface area contributed by atoms with Crippen molar-refractivity contribution in [3.05, 3.63) is 99.7 Å². The zero-order valence-corrected chi connectivity index (χ0v) is 18.2. The Morgan fingerprint density at radius 3 is 2.52 bits per heavy atom. The molecule has 1 heterocycles. The fourth-order valence-electron chi connectivity index (χ4n) is 3.17. The number of carbonyl (C=O) groups is 1. The fourth-order valence-corrected chi connectivity index (χ4v) is 3.44. The van der Waals surface area contributed by atoms with Crippen LogP contribution in [0.1, 0.15) is 23.6 Å². The SMILES string of the molecule is CCOc1cc(/C=C2\N=C(c3cccc(F)c3)OC2=O)cc(Cl)c1OCc1cccc(F)c1. The Balaban J connectivity index is 1.61. The van der Waals surface area contributed by atoms with Crippen LogP contribution < -0.4 is 9.47 Å².